The molecule has 0 spiro atoms. The Balaban J connectivity index is 0.00000841. The first-order valence-electron chi connectivity index (χ1n) is 11.7. The summed E-state index contributed by atoms with van der Waals surface area (Å²) in [6.07, 6.45) is 12.2. The smallest absolute Gasteiger partial charge is 0.265 e. The van der Waals surface area contributed by atoms with Gasteiger partial charge in [0.05, 0.1) is 25.6 Å². The SMILES string of the molecule is CCCC[P+](CCCC)(CCCC)C(CC)C(=O)Nc1c(C)cc(OC)cc1C.[Y]. The molecule has 1 rings (SSSR count). The number of aryl methyl sites for hydroxylation is 2. The van der Waals surface area contributed by atoms with Crippen molar-refractivity contribution in [2.24, 2.45) is 0 Å². The molecule has 0 heterocycles. The molecule has 0 aliphatic heterocycles. The minimum absolute atomic E-state index is 0. The van der Waals surface area contributed by atoms with Gasteiger partial charge in [0.1, 0.15) is 11.4 Å². The number of ether oxygens (including phenoxy) is 1. The molecule has 0 bridgehead atoms. The number of benzene rings is 1. The van der Waals surface area contributed by atoms with Crippen molar-refractivity contribution in [2.75, 3.05) is 30.9 Å². The van der Waals surface area contributed by atoms with Gasteiger partial charge in [-0.1, -0.05) is 47.0 Å². The van der Waals surface area contributed by atoms with E-state index in [1.807, 2.05) is 12.1 Å². The molecule has 30 heavy (non-hydrogen) atoms. The van der Waals surface area contributed by atoms with Crippen molar-refractivity contribution >= 4 is 18.9 Å². The summed E-state index contributed by atoms with van der Waals surface area (Å²) in [6, 6.07) is 4.02. The first-order valence-corrected chi connectivity index (χ1v) is 14.1. The third-order valence-corrected chi connectivity index (χ3v) is 11.8. The Labute approximate surface area is 212 Å². The second-order valence-corrected chi connectivity index (χ2v) is 12.9. The van der Waals surface area contributed by atoms with Crippen molar-refractivity contribution in [3.8, 4) is 5.75 Å². The molecule has 0 saturated carbocycles. The molecule has 0 aliphatic rings. The molecule has 169 valence electrons. The van der Waals surface area contributed by atoms with Crippen LogP contribution in [0.15, 0.2) is 12.1 Å². The average molecular weight is 512 g/mol. The van der Waals surface area contributed by atoms with Gasteiger partial charge >= 0.3 is 0 Å². The molecule has 1 atom stereocenters. The maximum atomic E-state index is 13.6. The second-order valence-electron chi connectivity index (χ2n) is 8.50. The maximum absolute atomic E-state index is 13.6. The molecule has 0 aliphatic carbocycles. The van der Waals surface area contributed by atoms with Gasteiger partial charge in [-0.3, -0.25) is 4.79 Å². The van der Waals surface area contributed by atoms with E-state index in [1.54, 1.807) is 7.11 Å². The molecule has 0 fully saturated rings. The molecular weight excluding hydrogens is 466 g/mol. The van der Waals surface area contributed by atoms with Gasteiger partial charge in [-0.25, -0.2) is 0 Å². The number of hydrogen-bond donors (Lipinski definition) is 1. The van der Waals surface area contributed by atoms with Gasteiger partial charge in [0.25, 0.3) is 5.91 Å². The molecule has 0 saturated heterocycles. The summed E-state index contributed by atoms with van der Waals surface area (Å²) in [5.41, 5.74) is 3.29. The number of carbonyl (C=O) groups is 1. The summed E-state index contributed by atoms with van der Waals surface area (Å²) in [5, 5.41) is 3.35. The molecular formula is C25H45NO2PY+. The van der Waals surface area contributed by atoms with Gasteiger partial charge in [0, 0.05) is 45.7 Å². The number of nitrogens with one attached hydrogen (secondary N) is 1. The van der Waals surface area contributed by atoms with Crippen molar-refractivity contribution in [3.63, 3.8) is 0 Å². The molecule has 5 heteroatoms. The molecule has 3 nitrogen and oxygen atoms in total. The van der Waals surface area contributed by atoms with E-state index in [9.17, 15) is 4.79 Å². The topological polar surface area (TPSA) is 38.3 Å². The van der Waals surface area contributed by atoms with Crippen LogP contribution < -0.4 is 10.1 Å². The predicted molar refractivity (Wildman–Crippen MR) is 131 cm³/mol. The van der Waals surface area contributed by atoms with Crippen LogP contribution in [0.3, 0.4) is 0 Å². The number of methoxy groups -OCH3 is 1. The fraction of sp³-hybridized carbons (Fsp3) is 0.720. The monoisotopic (exact) mass is 511 g/mol. The molecule has 1 amide bonds. The van der Waals surface area contributed by atoms with E-state index in [4.69, 9.17) is 4.74 Å². The first-order chi connectivity index (χ1) is 13.9. The first kappa shape index (κ1) is 30.0. The Morgan fingerprint density at radius 2 is 1.37 bits per heavy atom. The van der Waals surface area contributed by atoms with Gasteiger partial charge in [-0.05, 0) is 62.8 Å². The molecule has 1 unspecified atom stereocenters. The zero-order valence-electron chi connectivity index (χ0n) is 20.6. The van der Waals surface area contributed by atoms with Crippen molar-refractivity contribution < 1.29 is 42.2 Å². The van der Waals surface area contributed by atoms with Crippen LogP contribution in [0.25, 0.3) is 0 Å². The zero-order chi connectivity index (χ0) is 21.9. The average Bonchev–Trinajstić information content (AvgIpc) is 2.71. The Hall–Kier alpha value is 0.0239. The normalized spacial score (nSPS) is 12.2. The van der Waals surface area contributed by atoms with E-state index in [2.05, 4.69) is 46.9 Å². The summed E-state index contributed by atoms with van der Waals surface area (Å²) < 4.78 is 5.38. The number of hydrogen-bond acceptors (Lipinski definition) is 2. The number of rotatable bonds is 14. The Morgan fingerprint density at radius 1 is 0.933 bits per heavy atom. The van der Waals surface area contributed by atoms with Crippen LogP contribution >= 0.6 is 7.26 Å². The minimum atomic E-state index is -1.33. The number of carbonyl (C=O) groups excluding carboxylic acids is 1. The van der Waals surface area contributed by atoms with Crippen LogP contribution in [-0.4, -0.2) is 37.2 Å². The molecule has 1 radical (unpaired) electrons. The number of amides is 1. The fourth-order valence-corrected chi connectivity index (χ4v) is 10.3. The quantitative estimate of drug-likeness (QED) is 0.264. The third kappa shape index (κ3) is 8.52. The van der Waals surface area contributed by atoms with Crippen LogP contribution in [-0.2, 0) is 37.5 Å². The third-order valence-electron chi connectivity index (χ3n) is 6.21. The van der Waals surface area contributed by atoms with Crippen LogP contribution in [0.1, 0.15) is 83.8 Å². The molecule has 0 aromatic heterocycles. The van der Waals surface area contributed by atoms with Crippen LogP contribution in [0.2, 0.25) is 0 Å². The van der Waals surface area contributed by atoms with E-state index in [1.165, 1.54) is 57.0 Å². The number of unbranched alkanes of at least 4 members (excludes halogenated alkanes) is 3. The van der Waals surface area contributed by atoms with E-state index in [-0.39, 0.29) is 44.3 Å². The summed E-state index contributed by atoms with van der Waals surface area (Å²) in [6.45, 7) is 13.2. The summed E-state index contributed by atoms with van der Waals surface area (Å²) >= 11 is 0. The Bertz CT molecular complexity index is 591. The van der Waals surface area contributed by atoms with Crippen LogP contribution in [0.5, 0.6) is 5.75 Å². The van der Waals surface area contributed by atoms with E-state index >= 15 is 0 Å². The molecule has 1 aromatic rings. The second kappa shape index (κ2) is 15.8. The summed E-state index contributed by atoms with van der Waals surface area (Å²) in [5.74, 6) is 1.10. The number of anilines is 1. The Kier molecular flexibility index (Phi) is 15.8. The zero-order valence-corrected chi connectivity index (χ0v) is 24.4. The molecule has 1 N–H and O–H groups in total. The van der Waals surface area contributed by atoms with Gasteiger partial charge in [0.15, 0.2) is 0 Å². The van der Waals surface area contributed by atoms with Crippen LogP contribution in [0.4, 0.5) is 5.69 Å². The molecule has 1 aromatic carbocycles. The van der Waals surface area contributed by atoms with Crippen molar-refractivity contribution in [3.05, 3.63) is 23.3 Å². The summed E-state index contributed by atoms with van der Waals surface area (Å²) in [7, 11) is 0.357. The van der Waals surface area contributed by atoms with Gasteiger partial charge in [-0.2, -0.15) is 0 Å². The van der Waals surface area contributed by atoms with Gasteiger partial charge < -0.3 is 10.1 Å². The maximum Gasteiger partial charge on any atom is 0.265 e. The Morgan fingerprint density at radius 3 is 1.70 bits per heavy atom. The minimum Gasteiger partial charge on any atom is -0.497 e. The predicted octanol–water partition coefficient (Wildman–Crippen LogP) is 7.44. The van der Waals surface area contributed by atoms with E-state index < -0.39 is 7.26 Å². The van der Waals surface area contributed by atoms with E-state index in [0.29, 0.717) is 0 Å². The van der Waals surface area contributed by atoms with Gasteiger partial charge in [0.2, 0.25) is 0 Å². The fourth-order valence-electron chi connectivity index (χ4n) is 4.49. The standard InChI is InChI=1S/C25H44NO2P.Y/c1-8-12-15-29(16-13-9-2,17-14-10-3)23(11-4)25(27)26-24-20(5)18-22(28-7)19-21(24)6;/h18-19,23H,8-17H2,1-7H3;/p+1. The van der Waals surface area contributed by atoms with Crippen molar-refractivity contribution in [2.45, 2.75) is 92.1 Å². The van der Waals surface area contributed by atoms with Crippen molar-refractivity contribution in [1.29, 1.82) is 0 Å². The summed E-state index contributed by atoms with van der Waals surface area (Å²) in [4.78, 5) is 13.6. The van der Waals surface area contributed by atoms with Gasteiger partial charge in [-0.15, -0.1) is 0 Å². The largest absolute Gasteiger partial charge is 0.497 e. The van der Waals surface area contributed by atoms with E-state index in [0.717, 1.165) is 29.0 Å². The van der Waals surface area contributed by atoms with Crippen LogP contribution in [0, 0.1) is 13.8 Å². The van der Waals surface area contributed by atoms with Crippen molar-refractivity contribution in [1.82, 2.24) is 0 Å².